The molecule has 1 N–H and O–H groups in total. The van der Waals surface area contributed by atoms with Gasteiger partial charge < -0.3 is 5.32 Å². The number of alkyl halides is 1. The first-order valence-corrected chi connectivity index (χ1v) is 5.23. The van der Waals surface area contributed by atoms with Crippen molar-refractivity contribution in [3.63, 3.8) is 0 Å². The molecule has 0 spiro atoms. The maximum absolute atomic E-state index is 13.2. The zero-order valence-electron chi connectivity index (χ0n) is 8.43. The van der Waals surface area contributed by atoms with Crippen molar-refractivity contribution in [3.05, 3.63) is 12.8 Å². The monoisotopic (exact) mass is 185 g/mol. The van der Waals surface area contributed by atoms with Crippen LogP contribution in [0.2, 0.25) is 0 Å². The molecule has 0 aromatic heterocycles. The van der Waals surface area contributed by atoms with Gasteiger partial charge in [-0.05, 0) is 44.2 Å². The van der Waals surface area contributed by atoms with Crippen LogP contribution in [0.25, 0.3) is 0 Å². The van der Waals surface area contributed by atoms with E-state index >= 15 is 0 Å². The van der Waals surface area contributed by atoms with Crippen LogP contribution in [-0.2, 0) is 0 Å². The topological polar surface area (TPSA) is 12.0 Å². The molecule has 0 saturated heterocycles. The first-order valence-electron chi connectivity index (χ1n) is 5.23. The lowest BCUT2D eigenvalue weighted by Gasteiger charge is -2.25. The second-order valence-corrected chi connectivity index (χ2v) is 4.16. The summed E-state index contributed by atoms with van der Waals surface area (Å²) < 4.78 is 13.2. The normalized spacial score (nSPS) is 36.0. The summed E-state index contributed by atoms with van der Waals surface area (Å²) in [4.78, 5) is 0. The second kappa shape index (κ2) is 5.25. The molecule has 1 rings (SSSR count). The summed E-state index contributed by atoms with van der Waals surface area (Å²) in [5.74, 6) is 0.532. The van der Waals surface area contributed by atoms with Gasteiger partial charge in [0, 0.05) is 6.04 Å². The average molecular weight is 185 g/mol. The molecule has 13 heavy (non-hydrogen) atoms. The van der Waals surface area contributed by atoms with Crippen LogP contribution < -0.4 is 5.32 Å². The molecule has 1 aliphatic rings. The summed E-state index contributed by atoms with van der Waals surface area (Å²) in [6.07, 6.45) is 5.82. The molecule has 0 aromatic rings. The average Bonchev–Trinajstić information content (AvgIpc) is 2.07. The fourth-order valence-electron chi connectivity index (χ4n) is 2.02. The summed E-state index contributed by atoms with van der Waals surface area (Å²) in [5.41, 5.74) is 0. The molecular weight excluding hydrogens is 165 g/mol. The van der Waals surface area contributed by atoms with Gasteiger partial charge in [-0.15, -0.1) is 0 Å². The second-order valence-electron chi connectivity index (χ2n) is 4.16. The molecule has 0 amide bonds. The zero-order chi connectivity index (χ0) is 9.68. The fraction of sp³-hybridized carbons (Fsp3) is 0.818. The minimum atomic E-state index is -0.593. The summed E-state index contributed by atoms with van der Waals surface area (Å²) in [7, 11) is 0. The number of hydrogen-bond acceptors (Lipinski definition) is 1. The molecule has 76 valence electrons. The van der Waals surface area contributed by atoms with Gasteiger partial charge in [0.15, 0.2) is 0 Å². The quantitative estimate of drug-likeness (QED) is 0.697. The lowest BCUT2D eigenvalue weighted by atomic mass is 9.89. The summed E-state index contributed by atoms with van der Waals surface area (Å²) in [6.45, 7) is 5.78. The molecule has 1 saturated carbocycles. The van der Waals surface area contributed by atoms with Crippen LogP contribution in [0, 0.1) is 5.92 Å². The van der Waals surface area contributed by atoms with E-state index in [2.05, 4.69) is 18.8 Å². The molecule has 0 heterocycles. The zero-order valence-corrected chi connectivity index (χ0v) is 8.43. The summed E-state index contributed by atoms with van der Waals surface area (Å²) in [6, 6.07) is 0.443. The largest absolute Gasteiger partial charge is 0.389 e. The van der Waals surface area contributed by atoms with E-state index in [-0.39, 0.29) is 0 Å². The molecule has 0 aliphatic heterocycles. The minimum Gasteiger partial charge on any atom is -0.389 e. The number of nitrogens with one attached hydrogen (secondary N) is 1. The third-order valence-corrected chi connectivity index (χ3v) is 2.85. The minimum absolute atomic E-state index is 0.443. The first-order chi connectivity index (χ1) is 6.22. The van der Waals surface area contributed by atoms with Gasteiger partial charge in [-0.1, -0.05) is 13.5 Å². The van der Waals surface area contributed by atoms with Crippen LogP contribution in [0.15, 0.2) is 12.8 Å². The maximum Gasteiger partial charge on any atom is 0.100 e. The van der Waals surface area contributed by atoms with E-state index in [9.17, 15) is 4.39 Å². The Hall–Kier alpha value is -0.530. The van der Waals surface area contributed by atoms with Crippen LogP contribution >= 0.6 is 0 Å². The SMILES string of the molecule is C=CN[C@H]1CCC(C)C[C@@H](F)CC1. The van der Waals surface area contributed by atoms with Crippen molar-refractivity contribution in [3.8, 4) is 0 Å². The molecule has 1 unspecified atom stereocenters. The first kappa shape index (κ1) is 10.6. The van der Waals surface area contributed by atoms with Crippen molar-refractivity contribution in [1.82, 2.24) is 5.32 Å². The van der Waals surface area contributed by atoms with Crippen LogP contribution in [0.5, 0.6) is 0 Å². The molecule has 1 aliphatic carbocycles. The van der Waals surface area contributed by atoms with E-state index in [1.165, 1.54) is 0 Å². The summed E-state index contributed by atoms with van der Waals surface area (Å²) >= 11 is 0. The van der Waals surface area contributed by atoms with Crippen molar-refractivity contribution >= 4 is 0 Å². The van der Waals surface area contributed by atoms with E-state index in [4.69, 9.17) is 0 Å². The van der Waals surface area contributed by atoms with Crippen molar-refractivity contribution in [2.45, 2.75) is 51.2 Å². The Morgan fingerprint density at radius 3 is 2.69 bits per heavy atom. The van der Waals surface area contributed by atoms with Crippen LogP contribution in [0.1, 0.15) is 39.0 Å². The number of hydrogen-bond donors (Lipinski definition) is 1. The highest BCUT2D eigenvalue weighted by molar-refractivity contribution is 4.79. The standard InChI is InChI=1S/C11H20FN/c1-3-13-11-6-4-9(2)8-10(12)5-7-11/h3,9-11,13H,1,4-8H2,2H3/t9?,10-,11-/m0/s1. The highest BCUT2D eigenvalue weighted by atomic mass is 19.1. The van der Waals surface area contributed by atoms with Crippen LogP contribution in [-0.4, -0.2) is 12.2 Å². The molecule has 0 bridgehead atoms. The Labute approximate surface area is 80.4 Å². The molecular formula is C11H20FN. The van der Waals surface area contributed by atoms with Gasteiger partial charge in [0.1, 0.15) is 6.17 Å². The third-order valence-electron chi connectivity index (χ3n) is 2.85. The van der Waals surface area contributed by atoms with Gasteiger partial charge in [-0.2, -0.15) is 0 Å². The Morgan fingerprint density at radius 2 is 2.00 bits per heavy atom. The fourth-order valence-corrected chi connectivity index (χ4v) is 2.02. The van der Waals surface area contributed by atoms with E-state index in [1.54, 1.807) is 6.20 Å². The van der Waals surface area contributed by atoms with Gasteiger partial charge in [-0.3, -0.25) is 0 Å². The van der Waals surface area contributed by atoms with Gasteiger partial charge in [0.2, 0.25) is 0 Å². The van der Waals surface area contributed by atoms with Crippen LogP contribution in [0.4, 0.5) is 4.39 Å². The Morgan fingerprint density at radius 1 is 1.31 bits per heavy atom. The van der Waals surface area contributed by atoms with Crippen LogP contribution in [0.3, 0.4) is 0 Å². The van der Waals surface area contributed by atoms with Gasteiger partial charge in [0.05, 0.1) is 0 Å². The van der Waals surface area contributed by atoms with Crippen molar-refractivity contribution in [2.24, 2.45) is 5.92 Å². The number of halogens is 1. The van der Waals surface area contributed by atoms with Gasteiger partial charge in [0.25, 0.3) is 0 Å². The van der Waals surface area contributed by atoms with Gasteiger partial charge >= 0.3 is 0 Å². The molecule has 0 aromatic carbocycles. The number of rotatable bonds is 2. The third kappa shape index (κ3) is 3.79. The Bertz CT molecular complexity index is 146. The van der Waals surface area contributed by atoms with Crippen molar-refractivity contribution < 1.29 is 4.39 Å². The Balaban J connectivity index is 2.38. The maximum atomic E-state index is 13.2. The molecule has 1 fully saturated rings. The van der Waals surface area contributed by atoms with E-state index < -0.39 is 6.17 Å². The summed E-state index contributed by atoms with van der Waals surface area (Å²) in [5, 5.41) is 3.19. The van der Waals surface area contributed by atoms with Crippen molar-refractivity contribution in [2.75, 3.05) is 0 Å². The lowest BCUT2D eigenvalue weighted by molar-refractivity contribution is 0.217. The smallest absolute Gasteiger partial charge is 0.100 e. The highest BCUT2D eigenvalue weighted by Gasteiger charge is 2.19. The predicted molar refractivity (Wildman–Crippen MR) is 54.3 cm³/mol. The van der Waals surface area contributed by atoms with E-state index in [1.807, 2.05) is 0 Å². The van der Waals surface area contributed by atoms with Gasteiger partial charge in [-0.25, -0.2) is 4.39 Å². The van der Waals surface area contributed by atoms with E-state index in [0.29, 0.717) is 18.4 Å². The molecule has 1 nitrogen and oxygen atoms in total. The van der Waals surface area contributed by atoms with Crippen molar-refractivity contribution in [1.29, 1.82) is 0 Å². The molecule has 2 heteroatoms. The molecule has 0 radical (unpaired) electrons. The highest BCUT2D eigenvalue weighted by Crippen LogP contribution is 2.24. The molecule has 3 atom stereocenters. The lowest BCUT2D eigenvalue weighted by Crippen LogP contribution is -2.28. The Kier molecular flexibility index (Phi) is 4.26. The van der Waals surface area contributed by atoms with E-state index in [0.717, 1.165) is 25.7 Å². The predicted octanol–water partition coefficient (Wildman–Crippen LogP) is 3.03.